The van der Waals surface area contributed by atoms with Crippen molar-refractivity contribution in [2.75, 3.05) is 6.54 Å². The Morgan fingerprint density at radius 3 is 2.43 bits per heavy atom. The molecule has 0 heterocycles. The van der Waals surface area contributed by atoms with Crippen LogP contribution in [0.4, 0.5) is 9.59 Å². The highest BCUT2D eigenvalue weighted by atomic mass is 32.2. The maximum absolute atomic E-state index is 12.4. The number of alkyl carbamates (subject to hydrolysis) is 1. The van der Waals surface area contributed by atoms with Crippen molar-refractivity contribution in [3.63, 3.8) is 0 Å². The van der Waals surface area contributed by atoms with Crippen molar-refractivity contribution in [3.8, 4) is 0 Å². The summed E-state index contributed by atoms with van der Waals surface area (Å²) in [6, 6.07) is 5.01. The minimum Gasteiger partial charge on any atom is -0.444 e. The molecular weight excluding hydrogens is 410 g/mol. The molecule has 1 aliphatic carbocycles. The maximum atomic E-state index is 12.4. The Kier molecular flexibility index (Phi) is 8.08. The first-order valence-corrected chi connectivity index (χ1v) is 11.5. The van der Waals surface area contributed by atoms with Crippen molar-refractivity contribution in [2.24, 2.45) is 0 Å². The van der Waals surface area contributed by atoms with E-state index in [2.05, 4.69) is 10.6 Å². The van der Waals surface area contributed by atoms with Crippen molar-refractivity contribution in [1.29, 1.82) is 0 Å². The average molecular weight is 442 g/mol. The number of hydrogen-bond acceptors (Lipinski definition) is 6. The number of benzene rings is 1. The normalized spacial score (nSPS) is 19.6. The first-order valence-electron chi connectivity index (χ1n) is 10.0. The van der Waals surface area contributed by atoms with E-state index in [0.717, 1.165) is 12.0 Å². The van der Waals surface area contributed by atoms with Crippen LogP contribution in [0, 0.1) is 0 Å². The quantitative estimate of drug-likeness (QED) is 0.534. The summed E-state index contributed by atoms with van der Waals surface area (Å²) in [5.74, 6) is 0. The molecule has 0 saturated heterocycles. The van der Waals surface area contributed by atoms with Crippen LogP contribution in [0.25, 0.3) is 0 Å². The summed E-state index contributed by atoms with van der Waals surface area (Å²) in [4.78, 5) is 23.6. The highest BCUT2D eigenvalue weighted by Gasteiger charge is 2.24. The molecule has 1 saturated carbocycles. The molecule has 2 unspecified atom stereocenters. The Bertz CT molecular complexity index is 833. The van der Waals surface area contributed by atoms with E-state index in [1.54, 1.807) is 32.9 Å². The van der Waals surface area contributed by atoms with Gasteiger partial charge in [-0.1, -0.05) is 12.1 Å². The SMILES string of the molecule is CC(C)(C)OC(=O)NCCc1ccc(S(=O)(=O)NC(=O)NC2CCCC(O)C2)cc1. The van der Waals surface area contributed by atoms with Gasteiger partial charge in [0.15, 0.2) is 0 Å². The monoisotopic (exact) mass is 441 g/mol. The third-order valence-corrected chi connectivity index (χ3v) is 5.87. The highest BCUT2D eigenvalue weighted by molar-refractivity contribution is 7.90. The predicted octanol–water partition coefficient (Wildman–Crippen LogP) is 2.05. The van der Waals surface area contributed by atoms with Gasteiger partial charge >= 0.3 is 12.1 Å². The van der Waals surface area contributed by atoms with E-state index in [9.17, 15) is 23.1 Å². The third kappa shape index (κ3) is 8.19. The molecule has 2 atom stereocenters. The molecule has 3 amide bonds. The molecule has 1 aliphatic rings. The van der Waals surface area contributed by atoms with E-state index in [1.165, 1.54) is 12.1 Å². The topological polar surface area (TPSA) is 134 Å². The molecule has 0 radical (unpaired) electrons. The van der Waals surface area contributed by atoms with Gasteiger partial charge in [-0.2, -0.15) is 0 Å². The molecule has 2 rings (SSSR count). The van der Waals surface area contributed by atoms with Gasteiger partial charge < -0.3 is 20.5 Å². The Morgan fingerprint density at radius 2 is 1.83 bits per heavy atom. The predicted molar refractivity (Wildman–Crippen MR) is 111 cm³/mol. The van der Waals surface area contributed by atoms with Crippen molar-refractivity contribution in [3.05, 3.63) is 29.8 Å². The van der Waals surface area contributed by atoms with Gasteiger partial charge in [-0.15, -0.1) is 0 Å². The fourth-order valence-electron chi connectivity index (χ4n) is 3.15. The van der Waals surface area contributed by atoms with Gasteiger partial charge in [0, 0.05) is 12.6 Å². The Hall–Kier alpha value is -2.33. The van der Waals surface area contributed by atoms with E-state index >= 15 is 0 Å². The fourth-order valence-corrected chi connectivity index (χ4v) is 4.06. The van der Waals surface area contributed by atoms with Crippen LogP contribution < -0.4 is 15.4 Å². The Morgan fingerprint density at radius 1 is 1.17 bits per heavy atom. The summed E-state index contributed by atoms with van der Waals surface area (Å²) in [5.41, 5.74) is 0.251. The lowest BCUT2D eigenvalue weighted by Gasteiger charge is -2.26. The molecule has 1 aromatic carbocycles. The van der Waals surface area contributed by atoms with Gasteiger partial charge in [0.25, 0.3) is 10.0 Å². The molecule has 0 aliphatic heterocycles. The standard InChI is InChI=1S/C20H31N3O6S/c1-20(2,3)29-19(26)21-12-11-14-7-9-17(10-8-14)30(27,28)23-18(25)22-15-5-4-6-16(24)13-15/h7-10,15-16,24H,4-6,11-13H2,1-3H3,(H,21,26)(H2,22,23,25). The lowest BCUT2D eigenvalue weighted by molar-refractivity contribution is 0.0528. The van der Waals surface area contributed by atoms with Crippen LogP contribution in [0.5, 0.6) is 0 Å². The van der Waals surface area contributed by atoms with E-state index in [-0.39, 0.29) is 10.9 Å². The maximum Gasteiger partial charge on any atom is 0.407 e. The van der Waals surface area contributed by atoms with E-state index in [4.69, 9.17) is 4.74 Å². The minimum atomic E-state index is -4.01. The van der Waals surface area contributed by atoms with Gasteiger partial charge in [0.05, 0.1) is 11.0 Å². The number of amides is 3. The third-order valence-electron chi connectivity index (χ3n) is 4.52. The summed E-state index contributed by atoms with van der Waals surface area (Å²) < 4.78 is 32.0. The second-order valence-corrected chi connectivity index (χ2v) is 10.1. The first kappa shape index (κ1) is 23.9. The van der Waals surface area contributed by atoms with Gasteiger partial charge in [0.2, 0.25) is 0 Å². The van der Waals surface area contributed by atoms with E-state index < -0.39 is 33.9 Å². The van der Waals surface area contributed by atoms with E-state index in [1.807, 2.05) is 4.72 Å². The zero-order valence-corrected chi connectivity index (χ0v) is 18.4. The second kappa shape index (κ2) is 10.1. The zero-order chi connectivity index (χ0) is 22.4. The molecule has 4 N–H and O–H groups in total. The van der Waals surface area contributed by atoms with Gasteiger partial charge in [-0.25, -0.2) is 22.7 Å². The van der Waals surface area contributed by atoms with Crippen molar-refractivity contribution in [2.45, 2.75) is 75.5 Å². The van der Waals surface area contributed by atoms with Crippen LogP contribution in [0.3, 0.4) is 0 Å². The van der Waals surface area contributed by atoms with Gasteiger partial charge in [0.1, 0.15) is 5.60 Å². The molecule has 0 aromatic heterocycles. The number of aliphatic hydroxyl groups excluding tert-OH is 1. The second-order valence-electron chi connectivity index (χ2n) is 8.42. The lowest BCUT2D eigenvalue weighted by Crippen LogP contribution is -2.46. The average Bonchev–Trinajstić information content (AvgIpc) is 2.60. The zero-order valence-electron chi connectivity index (χ0n) is 17.6. The van der Waals surface area contributed by atoms with E-state index in [0.29, 0.717) is 32.2 Å². The number of carbonyl (C=O) groups excluding carboxylic acids is 2. The number of ether oxygens (including phenoxy) is 1. The summed E-state index contributed by atoms with van der Waals surface area (Å²) in [7, 11) is -4.01. The summed E-state index contributed by atoms with van der Waals surface area (Å²) in [5, 5.41) is 14.9. The molecule has 1 aromatic rings. The van der Waals surface area contributed by atoms with Crippen LogP contribution >= 0.6 is 0 Å². The largest absolute Gasteiger partial charge is 0.444 e. The van der Waals surface area contributed by atoms with Gasteiger partial charge in [-0.05, 0) is 70.6 Å². The number of carbonyl (C=O) groups is 2. The molecule has 10 heteroatoms. The molecular formula is C20H31N3O6S. The first-order chi connectivity index (χ1) is 13.9. The van der Waals surface area contributed by atoms with Crippen molar-refractivity contribution < 1.29 is 27.9 Å². The number of nitrogens with one attached hydrogen (secondary N) is 3. The number of aliphatic hydroxyl groups is 1. The van der Waals surface area contributed by atoms with Crippen LogP contribution in [-0.4, -0.2) is 49.9 Å². The fraction of sp³-hybridized carbons (Fsp3) is 0.600. The molecule has 0 spiro atoms. The molecule has 9 nitrogen and oxygen atoms in total. The summed E-state index contributed by atoms with van der Waals surface area (Å²) in [6.45, 7) is 5.67. The number of rotatable bonds is 6. The molecule has 168 valence electrons. The molecule has 30 heavy (non-hydrogen) atoms. The molecule has 1 fully saturated rings. The highest BCUT2D eigenvalue weighted by Crippen LogP contribution is 2.18. The van der Waals surface area contributed by atoms with Crippen LogP contribution in [-0.2, 0) is 21.2 Å². The summed E-state index contributed by atoms with van der Waals surface area (Å²) in [6.07, 6.45) is 2.11. The van der Waals surface area contributed by atoms with Crippen molar-refractivity contribution in [1.82, 2.24) is 15.4 Å². The summed E-state index contributed by atoms with van der Waals surface area (Å²) >= 11 is 0. The lowest BCUT2D eigenvalue weighted by atomic mass is 9.93. The molecule has 0 bridgehead atoms. The van der Waals surface area contributed by atoms with Crippen LogP contribution in [0.2, 0.25) is 0 Å². The number of urea groups is 1. The van der Waals surface area contributed by atoms with Crippen LogP contribution in [0.15, 0.2) is 29.2 Å². The van der Waals surface area contributed by atoms with Crippen molar-refractivity contribution >= 4 is 22.1 Å². The minimum absolute atomic E-state index is 0.0369. The number of hydrogen-bond donors (Lipinski definition) is 4. The van der Waals surface area contributed by atoms with Gasteiger partial charge in [-0.3, -0.25) is 0 Å². The Balaban J connectivity index is 1.83. The van der Waals surface area contributed by atoms with Crippen LogP contribution in [0.1, 0.15) is 52.0 Å². The Labute approximate surface area is 177 Å². The number of sulfonamides is 1. The smallest absolute Gasteiger partial charge is 0.407 e.